The molecule has 0 spiro atoms. The fraction of sp³-hybridized carbons (Fsp3) is 0.375. The van der Waals surface area contributed by atoms with Crippen LogP contribution in [0, 0.1) is 0 Å². The van der Waals surface area contributed by atoms with Gasteiger partial charge in [0.25, 0.3) is 0 Å². The number of Topliss-reactive ketones (excluding diaryl/α,β-unsaturated/α-hetero) is 1. The van der Waals surface area contributed by atoms with Crippen molar-refractivity contribution < 1.29 is 9.53 Å². The fourth-order valence-electron chi connectivity index (χ4n) is 2.43. The number of rotatable bonds is 4. The number of benzene rings is 1. The molecule has 1 saturated heterocycles. The lowest BCUT2D eigenvalue weighted by Crippen LogP contribution is -2.14. The Hall–Kier alpha value is -1.52. The van der Waals surface area contributed by atoms with E-state index in [0.29, 0.717) is 12.3 Å². The zero-order valence-corrected chi connectivity index (χ0v) is 12.1. The summed E-state index contributed by atoms with van der Waals surface area (Å²) < 4.78 is 5.37. The molecule has 3 nitrogen and oxygen atoms in total. The molecule has 0 atom stereocenters. The average Bonchev–Trinajstić information content (AvgIpc) is 2.97. The highest BCUT2D eigenvalue weighted by atomic mass is 32.1. The lowest BCUT2D eigenvalue weighted by atomic mass is 10.0. The Morgan fingerprint density at radius 2 is 2.00 bits per heavy atom. The molecule has 3 rings (SSSR count). The van der Waals surface area contributed by atoms with Crippen molar-refractivity contribution in [3.8, 4) is 0 Å². The Morgan fingerprint density at radius 1 is 1.25 bits per heavy atom. The third kappa shape index (κ3) is 3.14. The van der Waals surface area contributed by atoms with E-state index in [2.05, 4.69) is 4.98 Å². The van der Waals surface area contributed by atoms with Gasteiger partial charge in [0.05, 0.1) is 17.1 Å². The minimum Gasteiger partial charge on any atom is -0.381 e. The van der Waals surface area contributed by atoms with Crippen molar-refractivity contribution in [2.75, 3.05) is 13.2 Å². The number of hydrogen-bond donors (Lipinski definition) is 0. The molecule has 1 fully saturated rings. The molecule has 1 aliphatic heterocycles. The van der Waals surface area contributed by atoms with E-state index in [-0.39, 0.29) is 5.78 Å². The van der Waals surface area contributed by atoms with Crippen molar-refractivity contribution in [1.29, 1.82) is 0 Å². The van der Waals surface area contributed by atoms with E-state index >= 15 is 0 Å². The first-order valence-corrected chi connectivity index (χ1v) is 7.81. The Balaban J connectivity index is 1.66. The molecule has 104 valence electrons. The molecule has 0 radical (unpaired) electrons. The summed E-state index contributed by atoms with van der Waals surface area (Å²) in [4.78, 5) is 16.8. The maximum atomic E-state index is 12.1. The SMILES string of the molecule is O=C(Cc1csc(C2CCOCC2)n1)c1ccccc1. The lowest BCUT2D eigenvalue weighted by molar-refractivity contribution is 0.0852. The number of carbonyl (C=O) groups is 1. The van der Waals surface area contributed by atoms with Crippen molar-refractivity contribution in [3.63, 3.8) is 0 Å². The van der Waals surface area contributed by atoms with Gasteiger partial charge in [-0.25, -0.2) is 4.98 Å². The quantitative estimate of drug-likeness (QED) is 0.808. The van der Waals surface area contributed by atoms with Crippen LogP contribution in [0.4, 0.5) is 0 Å². The molecular formula is C16H17NO2S. The maximum absolute atomic E-state index is 12.1. The normalized spacial score (nSPS) is 16.2. The third-order valence-corrected chi connectivity index (χ3v) is 4.63. The molecule has 2 heterocycles. The van der Waals surface area contributed by atoms with Crippen LogP contribution in [0.15, 0.2) is 35.7 Å². The molecule has 1 aliphatic rings. The van der Waals surface area contributed by atoms with Gasteiger partial charge in [-0.1, -0.05) is 30.3 Å². The molecule has 2 aromatic rings. The molecule has 4 heteroatoms. The van der Waals surface area contributed by atoms with Crippen LogP contribution < -0.4 is 0 Å². The van der Waals surface area contributed by atoms with Gasteiger partial charge < -0.3 is 4.74 Å². The number of hydrogen-bond acceptors (Lipinski definition) is 4. The number of thiazole rings is 1. The van der Waals surface area contributed by atoms with Crippen molar-refractivity contribution in [1.82, 2.24) is 4.98 Å². The Bertz CT molecular complexity index is 573. The summed E-state index contributed by atoms with van der Waals surface area (Å²) in [5.74, 6) is 0.642. The average molecular weight is 287 g/mol. The molecule has 1 aromatic heterocycles. The minimum absolute atomic E-state index is 0.134. The van der Waals surface area contributed by atoms with Crippen molar-refractivity contribution >= 4 is 17.1 Å². The Labute approximate surface area is 122 Å². The lowest BCUT2D eigenvalue weighted by Gasteiger charge is -2.19. The zero-order valence-electron chi connectivity index (χ0n) is 11.2. The van der Waals surface area contributed by atoms with E-state index in [4.69, 9.17) is 4.74 Å². The molecular weight excluding hydrogens is 270 g/mol. The predicted molar refractivity (Wildman–Crippen MR) is 79.4 cm³/mol. The molecule has 20 heavy (non-hydrogen) atoms. The van der Waals surface area contributed by atoms with Gasteiger partial charge in [0.1, 0.15) is 0 Å². The molecule has 0 bridgehead atoms. The Morgan fingerprint density at radius 3 is 2.75 bits per heavy atom. The van der Waals surface area contributed by atoms with Gasteiger partial charge in [0.2, 0.25) is 0 Å². The molecule has 0 unspecified atom stereocenters. The van der Waals surface area contributed by atoms with Crippen LogP contribution >= 0.6 is 11.3 Å². The van der Waals surface area contributed by atoms with Gasteiger partial charge in [-0.05, 0) is 12.8 Å². The second kappa shape index (κ2) is 6.29. The second-order valence-corrected chi connectivity index (χ2v) is 5.92. The van der Waals surface area contributed by atoms with Gasteiger partial charge in [-0.3, -0.25) is 4.79 Å². The predicted octanol–water partition coefficient (Wildman–Crippen LogP) is 3.46. The Kier molecular flexibility index (Phi) is 4.23. The fourth-order valence-corrected chi connectivity index (χ4v) is 3.42. The molecule has 0 amide bonds. The molecule has 0 N–H and O–H groups in total. The summed E-state index contributed by atoms with van der Waals surface area (Å²) in [5.41, 5.74) is 1.65. The van der Waals surface area contributed by atoms with Crippen LogP contribution in [-0.2, 0) is 11.2 Å². The van der Waals surface area contributed by atoms with E-state index < -0.39 is 0 Å². The highest BCUT2D eigenvalue weighted by Gasteiger charge is 2.19. The summed E-state index contributed by atoms with van der Waals surface area (Å²) >= 11 is 1.67. The molecule has 1 aromatic carbocycles. The summed E-state index contributed by atoms with van der Waals surface area (Å²) in [6.07, 6.45) is 2.48. The second-order valence-electron chi connectivity index (χ2n) is 5.03. The minimum atomic E-state index is 0.134. The molecule has 0 saturated carbocycles. The van der Waals surface area contributed by atoms with Crippen LogP contribution in [0.2, 0.25) is 0 Å². The van der Waals surface area contributed by atoms with Crippen LogP contribution in [0.5, 0.6) is 0 Å². The number of ketones is 1. The van der Waals surface area contributed by atoms with E-state index in [1.807, 2.05) is 35.7 Å². The third-order valence-electron chi connectivity index (χ3n) is 3.58. The van der Waals surface area contributed by atoms with E-state index in [1.165, 1.54) is 0 Å². The highest BCUT2D eigenvalue weighted by molar-refractivity contribution is 7.09. The van der Waals surface area contributed by atoms with Gasteiger partial charge in [-0.15, -0.1) is 11.3 Å². The van der Waals surface area contributed by atoms with E-state index in [9.17, 15) is 4.79 Å². The van der Waals surface area contributed by atoms with Crippen LogP contribution in [-0.4, -0.2) is 24.0 Å². The summed E-state index contributed by atoms with van der Waals surface area (Å²) in [7, 11) is 0. The maximum Gasteiger partial charge on any atom is 0.168 e. The summed E-state index contributed by atoms with van der Waals surface area (Å²) in [5, 5.41) is 3.18. The number of aromatic nitrogens is 1. The summed E-state index contributed by atoms with van der Waals surface area (Å²) in [6, 6.07) is 9.41. The van der Waals surface area contributed by atoms with Crippen molar-refractivity contribution in [2.24, 2.45) is 0 Å². The van der Waals surface area contributed by atoms with Gasteiger partial charge in [0.15, 0.2) is 5.78 Å². The summed E-state index contributed by atoms with van der Waals surface area (Å²) in [6.45, 7) is 1.64. The van der Waals surface area contributed by atoms with Gasteiger partial charge in [0, 0.05) is 30.1 Å². The van der Waals surface area contributed by atoms with Crippen molar-refractivity contribution in [3.05, 3.63) is 52.0 Å². The van der Waals surface area contributed by atoms with Gasteiger partial charge >= 0.3 is 0 Å². The number of ether oxygens (including phenoxy) is 1. The first-order valence-electron chi connectivity index (χ1n) is 6.93. The highest BCUT2D eigenvalue weighted by Crippen LogP contribution is 2.29. The first-order chi connectivity index (χ1) is 9.83. The van der Waals surface area contributed by atoms with Gasteiger partial charge in [-0.2, -0.15) is 0 Å². The largest absolute Gasteiger partial charge is 0.381 e. The zero-order chi connectivity index (χ0) is 13.8. The van der Waals surface area contributed by atoms with E-state index in [1.54, 1.807) is 11.3 Å². The molecule has 0 aliphatic carbocycles. The number of carbonyl (C=O) groups excluding carboxylic acids is 1. The van der Waals surface area contributed by atoms with Crippen LogP contribution in [0.1, 0.15) is 39.8 Å². The van der Waals surface area contributed by atoms with Crippen LogP contribution in [0.3, 0.4) is 0 Å². The smallest absolute Gasteiger partial charge is 0.168 e. The number of nitrogens with zero attached hydrogens (tertiary/aromatic N) is 1. The first kappa shape index (κ1) is 13.5. The topological polar surface area (TPSA) is 39.2 Å². The monoisotopic (exact) mass is 287 g/mol. The van der Waals surface area contributed by atoms with Crippen LogP contribution in [0.25, 0.3) is 0 Å². The van der Waals surface area contributed by atoms with E-state index in [0.717, 1.165) is 42.3 Å². The van der Waals surface area contributed by atoms with Crippen molar-refractivity contribution in [2.45, 2.75) is 25.2 Å². The standard InChI is InChI=1S/C16H17NO2S/c18-15(12-4-2-1-3-5-12)10-14-11-20-16(17-14)13-6-8-19-9-7-13/h1-5,11,13H,6-10H2.